The zero-order chi connectivity index (χ0) is 8.43. The van der Waals surface area contributed by atoms with E-state index >= 15 is 0 Å². The molecule has 0 bridgehead atoms. The molecule has 0 unspecified atom stereocenters. The molecule has 0 saturated carbocycles. The molecular weight excluding hydrogens is 142 g/mol. The largest absolute Gasteiger partial charge is 0.368 e. The van der Waals surface area contributed by atoms with Crippen LogP contribution in [0.25, 0.3) is 0 Å². The Balaban J connectivity index is 2.76. The molecule has 4 heteroatoms. The first-order chi connectivity index (χ1) is 5.11. The zero-order valence-electron chi connectivity index (χ0n) is 6.74. The van der Waals surface area contributed by atoms with Crippen molar-refractivity contribution >= 4 is 5.88 Å². The van der Waals surface area contributed by atoms with Gasteiger partial charge in [-0.2, -0.15) is 0 Å². The fourth-order valence-electron chi connectivity index (χ4n) is 0.802. The molecule has 0 aliphatic rings. The molecule has 0 radical (unpaired) electrons. The lowest BCUT2D eigenvalue weighted by Crippen LogP contribution is -2.16. The molecule has 0 spiro atoms. The maximum absolute atomic E-state index is 5.77. The predicted molar refractivity (Wildman–Crippen MR) is 42.7 cm³/mol. The molecule has 0 saturated heterocycles. The van der Waals surface area contributed by atoms with Gasteiger partial charge in [0.05, 0.1) is 6.04 Å². The van der Waals surface area contributed by atoms with Gasteiger partial charge in [0, 0.05) is 6.07 Å². The standard InChI is InChI=1S/C7H13N3O/c1-4(2)7(9)5-3-6(8)11-10-5/h3-4,7H,8-9H2,1-2H3/t7-/m0/s1. The van der Waals surface area contributed by atoms with Crippen molar-refractivity contribution in [3.05, 3.63) is 11.8 Å². The average molecular weight is 155 g/mol. The minimum Gasteiger partial charge on any atom is -0.368 e. The number of hydrogen-bond acceptors (Lipinski definition) is 4. The van der Waals surface area contributed by atoms with E-state index in [1.807, 2.05) is 13.8 Å². The number of nitrogens with zero attached hydrogens (tertiary/aromatic N) is 1. The van der Waals surface area contributed by atoms with Crippen molar-refractivity contribution in [2.45, 2.75) is 19.9 Å². The van der Waals surface area contributed by atoms with Crippen molar-refractivity contribution in [2.24, 2.45) is 11.7 Å². The molecule has 11 heavy (non-hydrogen) atoms. The SMILES string of the molecule is CC(C)[C@H](N)c1cc(N)on1. The average Bonchev–Trinajstić information content (AvgIpc) is 2.34. The van der Waals surface area contributed by atoms with Gasteiger partial charge in [-0.1, -0.05) is 19.0 Å². The third kappa shape index (κ3) is 1.71. The van der Waals surface area contributed by atoms with E-state index in [4.69, 9.17) is 11.5 Å². The molecule has 0 fully saturated rings. The van der Waals surface area contributed by atoms with Crippen LogP contribution in [0, 0.1) is 5.92 Å². The highest BCUT2D eigenvalue weighted by atomic mass is 16.5. The molecule has 1 rings (SSSR count). The Bertz CT molecular complexity index is 231. The Labute approximate surface area is 65.5 Å². The van der Waals surface area contributed by atoms with E-state index in [1.165, 1.54) is 0 Å². The minimum absolute atomic E-state index is 0.0870. The second-order valence-corrected chi connectivity index (χ2v) is 2.92. The summed E-state index contributed by atoms with van der Waals surface area (Å²) in [5.41, 5.74) is 11.8. The van der Waals surface area contributed by atoms with Gasteiger partial charge in [0.2, 0.25) is 5.88 Å². The second-order valence-electron chi connectivity index (χ2n) is 2.92. The lowest BCUT2D eigenvalue weighted by Gasteiger charge is -2.10. The van der Waals surface area contributed by atoms with E-state index in [1.54, 1.807) is 6.07 Å². The van der Waals surface area contributed by atoms with Crippen LogP contribution in [0.2, 0.25) is 0 Å². The zero-order valence-corrected chi connectivity index (χ0v) is 6.74. The summed E-state index contributed by atoms with van der Waals surface area (Å²) in [5.74, 6) is 0.663. The van der Waals surface area contributed by atoms with Crippen LogP contribution in [0.15, 0.2) is 10.6 Å². The van der Waals surface area contributed by atoms with Gasteiger partial charge in [-0.15, -0.1) is 0 Å². The third-order valence-electron chi connectivity index (χ3n) is 1.61. The topological polar surface area (TPSA) is 78.1 Å². The van der Waals surface area contributed by atoms with E-state index < -0.39 is 0 Å². The van der Waals surface area contributed by atoms with E-state index in [0.29, 0.717) is 11.8 Å². The number of nitrogen functional groups attached to an aromatic ring is 1. The fourth-order valence-corrected chi connectivity index (χ4v) is 0.802. The maximum atomic E-state index is 5.77. The van der Waals surface area contributed by atoms with Crippen LogP contribution in [-0.4, -0.2) is 5.16 Å². The minimum atomic E-state index is -0.0870. The fraction of sp³-hybridized carbons (Fsp3) is 0.571. The van der Waals surface area contributed by atoms with Crippen LogP contribution in [0.3, 0.4) is 0 Å². The van der Waals surface area contributed by atoms with Gasteiger partial charge in [0.15, 0.2) is 0 Å². The van der Waals surface area contributed by atoms with Crippen molar-refractivity contribution in [1.29, 1.82) is 0 Å². The van der Waals surface area contributed by atoms with Gasteiger partial charge >= 0.3 is 0 Å². The normalized spacial score (nSPS) is 13.8. The summed E-state index contributed by atoms with van der Waals surface area (Å²) in [7, 11) is 0. The molecular formula is C7H13N3O. The monoisotopic (exact) mass is 155 g/mol. The highest BCUT2D eigenvalue weighted by molar-refractivity contribution is 5.25. The van der Waals surface area contributed by atoms with Crippen molar-refractivity contribution < 1.29 is 4.52 Å². The van der Waals surface area contributed by atoms with E-state index in [0.717, 1.165) is 5.69 Å². The first-order valence-electron chi connectivity index (χ1n) is 3.59. The Kier molecular flexibility index (Phi) is 2.14. The van der Waals surface area contributed by atoms with Crippen molar-refractivity contribution in [3.8, 4) is 0 Å². The Hall–Kier alpha value is -1.03. The summed E-state index contributed by atoms with van der Waals surface area (Å²) < 4.78 is 4.68. The van der Waals surface area contributed by atoms with Crippen LogP contribution in [0.4, 0.5) is 5.88 Å². The van der Waals surface area contributed by atoms with E-state index in [-0.39, 0.29) is 6.04 Å². The summed E-state index contributed by atoms with van der Waals surface area (Å²) in [6.07, 6.45) is 0. The van der Waals surface area contributed by atoms with Crippen LogP contribution in [0.5, 0.6) is 0 Å². The molecule has 1 atom stereocenters. The predicted octanol–water partition coefficient (Wildman–Crippen LogP) is 0.913. The highest BCUT2D eigenvalue weighted by Crippen LogP contribution is 2.18. The molecule has 0 aromatic carbocycles. The number of hydrogen-bond donors (Lipinski definition) is 2. The van der Waals surface area contributed by atoms with Gasteiger partial charge in [-0.25, -0.2) is 0 Å². The molecule has 0 amide bonds. The van der Waals surface area contributed by atoms with Crippen LogP contribution in [-0.2, 0) is 0 Å². The first kappa shape index (κ1) is 8.07. The van der Waals surface area contributed by atoms with Crippen molar-refractivity contribution in [1.82, 2.24) is 5.16 Å². The first-order valence-corrected chi connectivity index (χ1v) is 3.59. The molecule has 0 aliphatic carbocycles. The quantitative estimate of drug-likeness (QED) is 0.665. The summed E-state index contributed by atoms with van der Waals surface area (Å²) in [6.45, 7) is 4.05. The van der Waals surface area contributed by atoms with Gasteiger partial charge in [0.1, 0.15) is 5.69 Å². The molecule has 4 nitrogen and oxygen atoms in total. The summed E-state index contributed by atoms with van der Waals surface area (Å²) in [5, 5.41) is 3.71. The number of anilines is 1. The van der Waals surface area contributed by atoms with Gasteiger partial charge < -0.3 is 16.0 Å². The maximum Gasteiger partial charge on any atom is 0.222 e. The van der Waals surface area contributed by atoms with Gasteiger partial charge in [-0.3, -0.25) is 0 Å². The lowest BCUT2D eigenvalue weighted by molar-refractivity contribution is 0.403. The van der Waals surface area contributed by atoms with Crippen molar-refractivity contribution in [2.75, 3.05) is 5.73 Å². The Morgan fingerprint density at radius 3 is 2.55 bits per heavy atom. The highest BCUT2D eigenvalue weighted by Gasteiger charge is 2.14. The Morgan fingerprint density at radius 1 is 1.55 bits per heavy atom. The van der Waals surface area contributed by atoms with Gasteiger partial charge in [0.25, 0.3) is 0 Å². The van der Waals surface area contributed by atoms with Crippen LogP contribution >= 0.6 is 0 Å². The molecule has 1 aromatic rings. The van der Waals surface area contributed by atoms with Crippen LogP contribution in [0.1, 0.15) is 25.6 Å². The molecule has 62 valence electrons. The lowest BCUT2D eigenvalue weighted by atomic mass is 10.0. The number of nitrogens with two attached hydrogens (primary N) is 2. The number of rotatable bonds is 2. The molecule has 4 N–H and O–H groups in total. The molecule has 1 heterocycles. The van der Waals surface area contributed by atoms with Crippen LogP contribution < -0.4 is 11.5 Å². The smallest absolute Gasteiger partial charge is 0.222 e. The van der Waals surface area contributed by atoms with E-state index in [2.05, 4.69) is 9.68 Å². The van der Waals surface area contributed by atoms with Crippen molar-refractivity contribution in [3.63, 3.8) is 0 Å². The molecule has 0 aliphatic heterocycles. The summed E-state index contributed by atoms with van der Waals surface area (Å²) in [6, 6.07) is 1.57. The van der Waals surface area contributed by atoms with Gasteiger partial charge in [-0.05, 0) is 5.92 Å². The summed E-state index contributed by atoms with van der Waals surface area (Å²) >= 11 is 0. The second kappa shape index (κ2) is 2.92. The summed E-state index contributed by atoms with van der Waals surface area (Å²) in [4.78, 5) is 0. The van der Waals surface area contributed by atoms with E-state index in [9.17, 15) is 0 Å². The number of aromatic nitrogens is 1. The Morgan fingerprint density at radius 2 is 2.18 bits per heavy atom. The third-order valence-corrected chi connectivity index (χ3v) is 1.61. The molecule has 1 aromatic heterocycles.